The first-order chi connectivity index (χ1) is 19.5. The summed E-state index contributed by atoms with van der Waals surface area (Å²) in [6.45, 7) is 6.45. The van der Waals surface area contributed by atoms with Gasteiger partial charge in [0, 0.05) is 38.6 Å². The number of nitrogens with two attached hydrogens (primary N) is 2. The molecular weight excluding hydrogens is 534 g/mol. The summed E-state index contributed by atoms with van der Waals surface area (Å²) in [6.07, 6.45) is 1.53. The van der Waals surface area contributed by atoms with Gasteiger partial charge < -0.3 is 46.9 Å². The molecule has 1 fully saturated rings. The predicted molar refractivity (Wildman–Crippen MR) is 152 cm³/mol. The lowest BCUT2D eigenvalue weighted by molar-refractivity contribution is -0.145. The topological polar surface area (TPSA) is 219 Å². The van der Waals surface area contributed by atoms with E-state index in [4.69, 9.17) is 20.9 Å². The second kappa shape index (κ2) is 16.5. The molecule has 0 heterocycles. The Labute approximate surface area is 240 Å². The molecule has 0 aromatic heterocycles. The maximum absolute atomic E-state index is 12.8. The number of aliphatic imine (C=N–C) groups is 1. The number of nitrogens with zero attached hydrogens (tertiary/aromatic N) is 1. The average Bonchev–Trinajstić information content (AvgIpc) is 3.24. The van der Waals surface area contributed by atoms with Crippen molar-refractivity contribution in [3.8, 4) is 11.5 Å². The van der Waals surface area contributed by atoms with Crippen molar-refractivity contribution in [2.75, 3.05) is 19.8 Å². The van der Waals surface area contributed by atoms with E-state index >= 15 is 0 Å². The van der Waals surface area contributed by atoms with Gasteiger partial charge in [0.25, 0.3) is 0 Å². The number of carboxylic acids is 1. The molecule has 0 bridgehead atoms. The molecule has 0 radical (unpaired) electrons. The lowest BCUT2D eigenvalue weighted by atomic mass is 9.80. The highest BCUT2D eigenvalue weighted by Crippen LogP contribution is 2.41. The van der Waals surface area contributed by atoms with Gasteiger partial charge in [0.15, 0.2) is 17.5 Å². The Hall–Kier alpha value is -3.74. The van der Waals surface area contributed by atoms with Crippen molar-refractivity contribution < 1.29 is 39.2 Å². The number of amides is 2. The highest BCUT2D eigenvalue weighted by Gasteiger charge is 2.53. The Morgan fingerprint density at radius 1 is 1.10 bits per heavy atom. The average molecular weight is 580 g/mol. The molecule has 2 amide bonds. The van der Waals surface area contributed by atoms with Crippen molar-refractivity contribution in [3.05, 3.63) is 23.8 Å². The summed E-state index contributed by atoms with van der Waals surface area (Å²) in [6, 6.07) is 3.52. The Kier molecular flexibility index (Phi) is 13.5. The molecule has 230 valence electrons. The number of phenols is 2. The lowest BCUT2D eigenvalue weighted by Crippen LogP contribution is -2.52. The SMILES string of the molecule is CCC(CC)[C@H](NC(C)=O)[C@@H]1[C@H](OC(=O)NCCCOCCCc2ccc(O)c(O)c2)[C@@H](C(=O)O)C[C@H]1N=C(N)N. The first kappa shape index (κ1) is 33.5. The third-order valence-electron chi connectivity index (χ3n) is 7.46. The van der Waals surface area contributed by atoms with E-state index in [1.165, 1.54) is 19.1 Å². The van der Waals surface area contributed by atoms with Crippen molar-refractivity contribution in [1.82, 2.24) is 10.6 Å². The number of aryl methyl sites for hydroxylation is 1. The molecule has 1 aromatic carbocycles. The van der Waals surface area contributed by atoms with Crippen molar-refractivity contribution in [2.45, 2.75) is 77.5 Å². The second-order valence-electron chi connectivity index (χ2n) is 10.4. The summed E-state index contributed by atoms with van der Waals surface area (Å²) in [4.78, 5) is 41.3. The van der Waals surface area contributed by atoms with Crippen LogP contribution >= 0.6 is 0 Å². The van der Waals surface area contributed by atoms with Crippen molar-refractivity contribution in [2.24, 2.45) is 34.2 Å². The Morgan fingerprint density at radius 2 is 1.78 bits per heavy atom. The fraction of sp³-hybridized carbons (Fsp3) is 0.643. The van der Waals surface area contributed by atoms with Gasteiger partial charge in [0.1, 0.15) is 6.10 Å². The molecule has 9 N–H and O–H groups in total. The third-order valence-corrected chi connectivity index (χ3v) is 7.46. The molecule has 41 heavy (non-hydrogen) atoms. The number of rotatable bonds is 16. The maximum Gasteiger partial charge on any atom is 0.407 e. The molecule has 1 aromatic rings. The number of carbonyl (C=O) groups is 3. The molecule has 2 rings (SSSR count). The highest BCUT2D eigenvalue weighted by molar-refractivity contribution is 5.77. The van der Waals surface area contributed by atoms with Gasteiger partial charge in [-0.2, -0.15) is 0 Å². The van der Waals surface area contributed by atoms with Crippen LogP contribution in [0.15, 0.2) is 23.2 Å². The van der Waals surface area contributed by atoms with Crippen molar-refractivity contribution in [1.29, 1.82) is 0 Å². The minimum atomic E-state index is -1.14. The standard InChI is InChI=1S/C28H45N5O8/c1-4-18(5-2)24(32-16(3)34)23-20(33-27(29)30)15-19(26(37)38)25(23)41-28(39)31-11-7-13-40-12-6-8-17-9-10-21(35)22(36)14-17/h9-10,14,18-20,23-25,35-36H,4-8,11-13,15H2,1-3H3,(H,31,39)(H,32,34)(H,37,38)(H4,29,30,33)/t19-,20+,23+,24-,25+/m0/s1. The summed E-state index contributed by atoms with van der Waals surface area (Å²) in [5, 5.41) is 34.5. The van der Waals surface area contributed by atoms with Crippen LogP contribution in [0.2, 0.25) is 0 Å². The summed E-state index contributed by atoms with van der Waals surface area (Å²) < 4.78 is 11.3. The summed E-state index contributed by atoms with van der Waals surface area (Å²) in [5.41, 5.74) is 12.2. The normalized spacial score (nSPS) is 20.8. The number of ether oxygens (including phenoxy) is 2. The van der Waals surface area contributed by atoms with Crippen LogP contribution in [-0.2, 0) is 25.5 Å². The number of hydrogen-bond donors (Lipinski definition) is 7. The zero-order valence-corrected chi connectivity index (χ0v) is 24.0. The lowest BCUT2D eigenvalue weighted by Gasteiger charge is -2.36. The monoisotopic (exact) mass is 579 g/mol. The highest BCUT2D eigenvalue weighted by atomic mass is 16.6. The Morgan fingerprint density at radius 3 is 2.37 bits per heavy atom. The van der Waals surface area contributed by atoms with Gasteiger partial charge >= 0.3 is 12.1 Å². The van der Waals surface area contributed by atoms with Crippen LogP contribution in [0.1, 0.15) is 58.4 Å². The molecule has 1 saturated carbocycles. The van der Waals surface area contributed by atoms with Crippen LogP contribution in [0.4, 0.5) is 4.79 Å². The number of guanidine groups is 1. The molecule has 13 nitrogen and oxygen atoms in total. The van der Waals surface area contributed by atoms with Gasteiger partial charge in [-0.05, 0) is 49.3 Å². The summed E-state index contributed by atoms with van der Waals surface area (Å²) >= 11 is 0. The van der Waals surface area contributed by atoms with Crippen LogP contribution in [0, 0.1) is 17.8 Å². The van der Waals surface area contributed by atoms with E-state index in [1.807, 2.05) is 13.8 Å². The maximum atomic E-state index is 12.8. The quantitative estimate of drug-likeness (QED) is 0.0652. The summed E-state index contributed by atoms with van der Waals surface area (Å²) in [5.74, 6) is -3.66. The van der Waals surface area contributed by atoms with Crippen molar-refractivity contribution in [3.63, 3.8) is 0 Å². The Balaban J connectivity index is 1.95. The Bertz CT molecular complexity index is 1040. The van der Waals surface area contributed by atoms with Crippen LogP contribution in [0.3, 0.4) is 0 Å². The minimum Gasteiger partial charge on any atom is -0.504 e. The van der Waals surface area contributed by atoms with E-state index < -0.39 is 42.1 Å². The molecule has 1 aliphatic carbocycles. The number of nitrogens with one attached hydrogen (secondary N) is 2. The number of benzene rings is 1. The van der Waals surface area contributed by atoms with E-state index in [0.717, 1.165) is 5.56 Å². The number of phenolic OH excluding ortho intramolecular Hbond substituents is 2. The predicted octanol–water partition coefficient (Wildman–Crippen LogP) is 1.84. The van der Waals surface area contributed by atoms with Gasteiger partial charge in [-0.15, -0.1) is 0 Å². The van der Waals surface area contributed by atoms with E-state index in [2.05, 4.69) is 15.6 Å². The second-order valence-corrected chi connectivity index (χ2v) is 10.4. The van der Waals surface area contributed by atoms with Crippen molar-refractivity contribution >= 4 is 23.9 Å². The van der Waals surface area contributed by atoms with Gasteiger partial charge in [-0.25, -0.2) is 9.79 Å². The number of alkyl carbamates (subject to hydrolysis) is 1. The fourth-order valence-corrected chi connectivity index (χ4v) is 5.51. The molecule has 0 saturated heterocycles. The molecule has 13 heteroatoms. The molecular formula is C28H45N5O8. The van der Waals surface area contributed by atoms with Gasteiger partial charge in [-0.1, -0.05) is 32.8 Å². The number of aliphatic carboxylic acids is 1. The van der Waals surface area contributed by atoms with Crippen LogP contribution in [0.5, 0.6) is 11.5 Å². The third kappa shape index (κ3) is 10.3. The first-order valence-corrected chi connectivity index (χ1v) is 14.1. The van der Waals surface area contributed by atoms with Gasteiger partial charge in [0.2, 0.25) is 5.91 Å². The van der Waals surface area contributed by atoms with Crippen LogP contribution in [-0.4, -0.2) is 77.2 Å². The van der Waals surface area contributed by atoms with E-state index in [1.54, 1.807) is 6.07 Å². The number of carboxylic acid groups (broad SMARTS) is 1. The van der Waals surface area contributed by atoms with Gasteiger partial charge in [-0.3, -0.25) is 9.59 Å². The van der Waals surface area contributed by atoms with E-state index in [9.17, 15) is 29.7 Å². The van der Waals surface area contributed by atoms with Crippen LogP contribution < -0.4 is 22.1 Å². The number of hydrogen-bond acceptors (Lipinski definition) is 8. The molecule has 1 aliphatic rings. The number of carbonyl (C=O) groups excluding carboxylic acids is 2. The largest absolute Gasteiger partial charge is 0.504 e. The molecule has 0 spiro atoms. The summed E-state index contributed by atoms with van der Waals surface area (Å²) in [7, 11) is 0. The number of aromatic hydroxyl groups is 2. The fourth-order valence-electron chi connectivity index (χ4n) is 5.51. The molecule has 0 aliphatic heterocycles. The minimum absolute atomic E-state index is 0.0146. The molecule has 0 unspecified atom stereocenters. The van der Waals surface area contributed by atoms with E-state index in [0.29, 0.717) is 45.3 Å². The van der Waals surface area contributed by atoms with Gasteiger partial charge in [0.05, 0.1) is 12.0 Å². The zero-order chi connectivity index (χ0) is 30.5. The first-order valence-electron chi connectivity index (χ1n) is 14.1. The zero-order valence-electron chi connectivity index (χ0n) is 24.0. The molecule has 5 atom stereocenters. The van der Waals surface area contributed by atoms with E-state index in [-0.39, 0.29) is 42.2 Å². The smallest absolute Gasteiger partial charge is 0.407 e. The van der Waals surface area contributed by atoms with Crippen LogP contribution in [0.25, 0.3) is 0 Å².